The number of hydrogen-bond acceptors (Lipinski definition) is 5. The number of aromatic nitrogens is 1. The molecule has 22 heavy (non-hydrogen) atoms. The zero-order chi connectivity index (χ0) is 15.8. The van der Waals surface area contributed by atoms with E-state index in [0.29, 0.717) is 18.4 Å². The van der Waals surface area contributed by atoms with E-state index in [1.165, 1.54) is 0 Å². The zero-order valence-electron chi connectivity index (χ0n) is 13.5. The zero-order valence-corrected chi connectivity index (χ0v) is 13.5. The van der Waals surface area contributed by atoms with E-state index in [0.717, 1.165) is 57.3 Å². The summed E-state index contributed by atoms with van der Waals surface area (Å²) in [7, 11) is 0. The molecule has 0 saturated carbocycles. The SMILES string of the molecule is CC(C)c1cc(CN=C(N)NCCCN2CCOCC2)on1. The van der Waals surface area contributed by atoms with Crippen molar-refractivity contribution in [3.8, 4) is 0 Å². The van der Waals surface area contributed by atoms with Crippen LogP contribution in [0.25, 0.3) is 0 Å². The van der Waals surface area contributed by atoms with Gasteiger partial charge in [0.15, 0.2) is 11.7 Å². The van der Waals surface area contributed by atoms with Crippen molar-refractivity contribution in [1.82, 2.24) is 15.4 Å². The van der Waals surface area contributed by atoms with Crippen molar-refractivity contribution in [3.63, 3.8) is 0 Å². The molecule has 2 heterocycles. The van der Waals surface area contributed by atoms with Gasteiger partial charge in [-0.25, -0.2) is 4.99 Å². The molecule has 1 aromatic rings. The predicted octanol–water partition coefficient (Wildman–Crippen LogP) is 0.925. The monoisotopic (exact) mass is 309 g/mol. The van der Waals surface area contributed by atoms with E-state index < -0.39 is 0 Å². The first kappa shape index (κ1) is 16.8. The van der Waals surface area contributed by atoms with Gasteiger partial charge in [0, 0.05) is 25.7 Å². The molecule has 7 nitrogen and oxygen atoms in total. The lowest BCUT2D eigenvalue weighted by molar-refractivity contribution is 0.0376. The van der Waals surface area contributed by atoms with E-state index >= 15 is 0 Å². The highest BCUT2D eigenvalue weighted by Gasteiger charge is 2.09. The van der Waals surface area contributed by atoms with Gasteiger partial charge in [-0.1, -0.05) is 19.0 Å². The predicted molar refractivity (Wildman–Crippen MR) is 85.8 cm³/mol. The maximum atomic E-state index is 5.85. The van der Waals surface area contributed by atoms with Crippen LogP contribution >= 0.6 is 0 Å². The molecule has 0 spiro atoms. The van der Waals surface area contributed by atoms with Crippen LogP contribution in [-0.2, 0) is 11.3 Å². The maximum Gasteiger partial charge on any atom is 0.189 e. The second kappa shape index (κ2) is 8.75. The minimum Gasteiger partial charge on any atom is -0.379 e. The van der Waals surface area contributed by atoms with Crippen LogP contribution < -0.4 is 11.1 Å². The summed E-state index contributed by atoms with van der Waals surface area (Å²) < 4.78 is 10.5. The molecule has 0 atom stereocenters. The van der Waals surface area contributed by atoms with Crippen LogP contribution in [0.1, 0.15) is 37.6 Å². The summed E-state index contributed by atoms with van der Waals surface area (Å²) in [6, 6.07) is 1.93. The van der Waals surface area contributed by atoms with Crippen LogP contribution in [0.2, 0.25) is 0 Å². The Bertz CT molecular complexity index is 466. The average molecular weight is 309 g/mol. The lowest BCUT2D eigenvalue weighted by Crippen LogP contribution is -2.39. The molecule has 3 N–H and O–H groups in total. The Hall–Kier alpha value is -1.60. The molecular formula is C15H27N5O2. The highest BCUT2D eigenvalue weighted by Crippen LogP contribution is 2.14. The summed E-state index contributed by atoms with van der Waals surface area (Å²) in [6.07, 6.45) is 1.04. The van der Waals surface area contributed by atoms with Crippen molar-refractivity contribution in [2.75, 3.05) is 39.4 Å². The fourth-order valence-corrected chi connectivity index (χ4v) is 2.24. The first-order valence-corrected chi connectivity index (χ1v) is 7.94. The highest BCUT2D eigenvalue weighted by molar-refractivity contribution is 5.77. The summed E-state index contributed by atoms with van der Waals surface area (Å²) in [4.78, 5) is 6.67. The Labute approximate surface area is 131 Å². The summed E-state index contributed by atoms with van der Waals surface area (Å²) in [6.45, 7) is 10.2. The van der Waals surface area contributed by atoms with E-state index in [-0.39, 0.29) is 0 Å². The molecule has 0 radical (unpaired) electrons. The molecule has 124 valence electrons. The van der Waals surface area contributed by atoms with Gasteiger partial charge in [0.1, 0.15) is 6.54 Å². The van der Waals surface area contributed by atoms with Crippen LogP contribution in [0.3, 0.4) is 0 Å². The van der Waals surface area contributed by atoms with E-state index in [1.54, 1.807) is 0 Å². The van der Waals surface area contributed by atoms with Crippen molar-refractivity contribution >= 4 is 5.96 Å². The Morgan fingerprint density at radius 2 is 2.23 bits per heavy atom. The van der Waals surface area contributed by atoms with Crippen LogP contribution in [0, 0.1) is 0 Å². The first-order valence-electron chi connectivity index (χ1n) is 7.94. The van der Waals surface area contributed by atoms with Gasteiger partial charge in [-0.3, -0.25) is 4.90 Å². The Balaban J connectivity index is 1.62. The fraction of sp³-hybridized carbons (Fsp3) is 0.733. The van der Waals surface area contributed by atoms with Gasteiger partial charge in [-0.2, -0.15) is 0 Å². The number of nitrogens with two attached hydrogens (primary N) is 1. The molecule has 0 bridgehead atoms. The molecule has 0 aliphatic carbocycles. The molecule has 0 unspecified atom stereocenters. The molecule has 0 aromatic carbocycles. The molecule has 1 fully saturated rings. The number of rotatable bonds is 7. The standard InChI is InChI=1S/C15H27N5O2/c1-12(2)14-10-13(22-19-14)11-18-15(16)17-4-3-5-20-6-8-21-9-7-20/h10,12H,3-9,11H2,1-2H3,(H3,16,17,18). The van der Waals surface area contributed by atoms with E-state index in [9.17, 15) is 0 Å². The molecule has 1 saturated heterocycles. The maximum absolute atomic E-state index is 5.85. The average Bonchev–Trinajstić information content (AvgIpc) is 3.00. The number of ether oxygens (including phenoxy) is 1. The number of nitrogens with one attached hydrogen (secondary N) is 1. The molecular weight excluding hydrogens is 282 g/mol. The van der Waals surface area contributed by atoms with Gasteiger partial charge >= 0.3 is 0 Å². The van der Waals surface area contributed by atoms with Crippen LogP contribution in [-0.4, -0.2) is 55.4 Å². The minimum atomic E-state index is 0.358. The third kappa shape index (κ3) is 5.65. The molecule has 0 amide bonds. The van der Waals surface area contributed by atoms with Crippen LogP contribution in [0.4, 0.5) is 0 Å². The minimum absolute atomic E-state index is 0.358. The largest absolute Gasteiger partial charge is 0.379 e. The van der Waals surface area contributed by atoms with Gasteiger partial charge in [0.25, 0.3) is 0 Å². The smallest absolute Gasteiger partial charge is 0.189 e. The van der Waals surface area contributed by atoms with Crippen molar-refractivity contribution in [2.24, 2.45) is 10.7 Å². The van der Waals surface area contributed by atoms with Crippen LogP contribution in [0.5, 0.6) is 0 Å². The topological polar surface area (TPSA) is 88.9 Å². The Morgan fingerprint density at radius 1 is 1.45 bits per heavy atom. The number of hydrogen-bond donors (Lipinski definition) is 2. The van der Waals surface area contributed by atoms with Gasteiger partial charge in [-0.15, -0.1) is 0 Å². The normalized spacial score (nSPS) is 17.1. The summed E-state index contributed by atoms with van der Waals surface area (Å²) in [5.41, 5.74) is 6.80. The highest BCUT2D eigenvalue weighted by atomic mass is 16.5. The van der Waals surface area contributed by atoms with E-state index in [4.69, 9.17) is 15.0 Å². The van der Waals surface area contributed by atoms with Crippen molar-refractivity contribution in [3.05, 3.63) is 17.5 Å². The fourth-order valence-electron chi connectivity index (χ4n) is 2.24. The van der Waals surface area contributed by atoms with E-state index in [2.05, 4.69) is 34.2 Å². The number of nitrogens with zero attached hydrogens (tertiary/aromatic N) is 3. The molecule has 2 rings (SSSR count). The second-order valence-electron chi connectivity index (χ2n) is 5.81. The Kier molecular flexibility index (Phi) is 6.67. The molecule has 1 aromatic heterocycles. The van der Waals surface area contributed by atoms with E-state index in [1.807, 2.05) is 6.07 Å². The number of guanidine groups is 1. The lowest BCUT2D eigenvalue weighted by Gasteiger charge is -2.26. The summed E-state index contributed by atoms with van der Waals surface area (Å²) >= 11 is 0. The van der Waals surface area contributed by atoms with Crippen LogP contribution in [0.15, 0.2) is 15.6 Å². The lowest BCUT2D eigenvalue weighted by atomic mass is 10.1. The van der Waals surface area contributed by atoms with Crippen molar-refractivity contribution in [2.45, 2.75) is 32.7 Å². The van der Waals surface area contributed by atoms with Crippen molar-refractivity contribution in [1.29, 1.82) is 0 Å². The number of morpholine rings is 1. The van der Waals surface area contributed by atoms with Crippen molar-refractivity contribution < 1.29 is 9.26 Å². The second-order valence-corrected chi connectivity index (χ2v) is 5.81. The van der Waals surface area contributed by atoms with Gasteiger partial charge < -0.3 is 20.3 Å². The first-order chi connectivity index (χ1) is 10.6. The van der Waals surface area contributed by atoms with Gasteiger partial charge in [0.2, 0.25) is 0 Å². The van der Waals surface area contributed by atoms with Gasteiger partial charge in [0.05, 0.1) is 18.9 Å². The molecule has 1 aliphatic heterocycles. The molecule has 7 heteroatoms. The molecule has 1 aliphatic rings. The summed E-state index contributed by atoms with van der Waals surface area (Å²) in [5.74, 6) is 1.54. The summed E-state index contributed by atoms with van der Waals surface area (Å²) in [5, 5.41) is 7.13. The van der Waals surface area contributed by atoms with Gasteiger partial charge in [-0.05, 0) is 18.9 Å². The quantitative estimate of drug-likeness (QED) is 0.442. The number of aliphatic imine (C=N–C) groups is 1. The Morgan fingerprint density at radius 3 is 2.91 bits per heavy atom. The third-order valence-electron chi connectivity index (χ3n) is 3.63. The third-order valence-corrected chi connectivity index (χ3v) is 3.63.